The molecule has 0 unspecified atom stereocenters. The molecule has 2 aliphatic carbocycles. The summed E-state index contributed by atoms with van der Waals surface area (Å²) in [5, 5.41) is 8.12. The molecule has 1 spiro atoms. The average molecular weight is 1520 g/mol. The van der Waals surface area contributed by atoms with Crippen molar-refractivity contribution < 1.29 is 97.4 Å². The van der Waals surface area contributed by atoms with Crippen LogP contribution in [-0.2, 0) is 87.5 Å². The minimum absolute atomic E-state index is 0.0213. The van der Waals surface area contributed by atoms with Gasteiger partial charge >= 0.3 is 12.4 Å². The van der Waals surface area contributed by atoms with Gasteiger partial charge in [-0.2, -0.15) is 26.3 Å². The van der Waals surface area contributed by atoms with Gasteiger partial charge in [-0.15, -0.1) is 12.3 Å². The SMILES string of the molecule is C#CC[C@H]1C(=O)N[C@@H]([C@@H](C)CC)C(=O)N(C)CC(=O)N(C)[C@H]2C/C=C\CCN(C2=O)[C@@H](Cc2ccc(C(F)(F)F)cc2)C(=O)N(C)CC(=O)N[C@H](CCc2cc(F)c(C(F)(F)F)c(F)c2)C(=O)N2C[C@H](OCC)C[C@H]2C(=O)NC2(CCC2)C(=O)N(C)[C@@H](C2CCCC2)C(=O)N(C)[C@H](C(=O)N(C)C)CC(=O)N1C. The number of carbonyl (C=O) groups excluding carboxylic acids is 12. The Bertz CT molecular complexity index is 3690. The lowest BCUT2D eigenvalue weighted by atomic mass is 9.74. The Hall–Kier alpha value is -9.22. The second kappa shape index (κ2) is 36.1. The molecule has 3 aliphatic heterocycles. The number of fused-ring (bicyclic) bond motifs is 3. The summed E-state index contributed by atoms with van der Waals surface area (Å²) >= 11 is 0. The third-order valence-corrected chi connectivity index (χ3v) is 21.3. The molecule has 2 aromatic carbocycles. The van der Waals surface area contributed by atoms with Crippen LogP contribution in [0.25, 0.3) is 0 Å². The van der Waals surface area contributed by atoms with Crippen molar-refractivity contribution in [2.45, 2.75) is 196 Å². The van der Waals surface area contributed by atoms with Crippen LogP contribution in [0.3, 0.4) is 0 Å². The normalized spacial score (nSPS) is 26.1. The number of rotatable bonds is 12. The summed E-state index contributed by atoms with van der Waals surface area (Å²) in [6.45, 7) is 2.76. The molecule has 107 heavy (non-hydrogen) atoms. The number of amides is 12. The predicted molar refractivity (Wildman–Crippen MR) is 373 cm³/mol. The number of nitrogens with one attached hydrogen (secondary N) is 3. The quantitative estimate of drug-likeness (QED) is 0.148. The first-order valence-corrected chi connectivity index (χ1v) is 35.9. The summed E-state index contributed by atoms with van der Waals surface area (Å²) in [6.07, 6.45) is -2.38. The van der Waals surface area contributed by atoms with Gasteiger partial charge in [-0.05, 0) is 112 Å². The molecular formula is C74H98F8N12O13. The van der Waals surface area contributed by atoms with Crippen LogP contribution in [0.4, 0.5) is 35.1 Å². The topological polar surface area (TPSA) is 279 Å². The molecule has 5 aliphatic rings. The molecule has 2 saturated carbocycles. The fourth-order valence-electron chi connectivity index (χ4n) is 14.7. The Morgan fingerprint density at radius 2 is 1.33 bits per heavy atom. The number of hydrogen-bond acceptors (Lipinski definition) is 13. The minimum atomic E-state index is -5.46. The molecule has 12 amide bonds. The molecule has 588 valence electrons. The molecule has 3 heterocycles. The van der Waals surface area contributed by atoms with Gasteiger partial charge in [0, 0.05) is 95.3 Å². The number of aryl methyl sites for hydroxylation is 1. The molecular weight excluding hydrogens is 1420 g/mol. The Labute approximate surface area is 617 Å². The fraction of sp³-hybridized carbons (Fsp3) is 0.622. The number of halogens is 8. The van der Waals surface area contributed by atoms with E-state index in [9.17, 15) is 55.1 Å². The van der Waals surface area contributed by atoms with Gasteiger partial charge in [0.1, 0.15) is 71.1 Å². The molecule has 4 fully saturated rings. The molecule has 2 bridgehead atoms. The maximum atomic E-state index is 15.4. The zero-order valence-corrected chi connectivity index (χ0v) is 62.3. The molecule has 0 aromatic heterocycles. The first kappa shape index (κ1) is 85.0. The van der Waals surface area contributed by atoms with Gasteiger partial charge in [0.2, 0.25) is 70.9 Å². The van der Waals surface area contributed by atoms with Gasteiger partial charge in [0.25, 0.3) is 0 Å². The van der Waals surface area contributed by atoms with Crippen molar-refractivity contribution in [2.24, 2.45) is 11.8 Å². The molecule has 25 nitrogen and oxygen atoms in total. The van der Waals surface area contributed by atoms with Crippen LogP contribution in [-0.4, -0.2) is 264 Å². The van der Waals surface area contributed by atoms with Crippen molar-refractivity contribution in [3.05, 3.63) is 82.4 Å². The van der Waals surface area contributed by atoms with E-state index in [4.69, 9.17) is 11.2 Å². The van der Waals surface area contributed by atoms with Crippen LogP contribution in [0, 0.1) is 35.8 Å². The van der Waals surface area contributed by atoms with E-state index in [0.29, 0.717) is 44.2 Å². The molecule has 3 N–H and O–H groups in total. The number of nitrogens with zero attached hydrogens (tertiary/aromatic N) is 9. The van der Waals surface area contributed by atoms with Crippen LogP contribution in [0.1, 0.15) is 133 Å². The maximum absolute atomic E-state index is 15.4. The second-order valence-corrected chi connectivity index (χ2v) is 28.8. The van der Waals surface area contributed by atoms with Crippen molar-refractivity contribution in [3.8, 4) is 12.3 Å². The number of hydrogen-bond donors (Lipinski definition) is 3. The largest absolute Gasteiger partial charge is 0.422 e. The van der Waals surface area contributed by atoms with E-state index in [1.54, 1.807) is 32.9 Å². The summed E-state index contributed by atoms with van der Waals surface area (Å²) in [7, 11) is 10.4. The highest BCUT2D eigenvalue weighted by atomic mass is 19.4. The number of benzene rings is 2. The molecule has 10 atom stereocenters. The standard InChI is InChI=1S/C74H98F8N12O13/c1-13-22-52-63(98)84-61(43(4)14-2)69(104)88(8)42-59(97)90(10)53-25-17-16-20-34-93(68(53)103)56(37-44-26-29-47(30-27-44)73(77,78)79)67(102)87(7)41-57(95)83-51(31-28-45-35-49(75)60(50(76)36-45)74(80,81)82)65(100)94-40-48(107-15-3)38-54(94)64(99)85-72(32-21-33-72)71(106)92(12)62(46-23-18-19-24-46)70(105)91(11)55(66(101)86(5)6)39-58(96)89(52)9/h1,16-17,26-27,29-30,35-36,43,46,48,51-56,61-62H,14-15,18-25,28,31-34,37-42H2,2-12H3,(H,83,95)(H,84,98)(H,85,99)/b17-16-/t43-,48+,51+,52-,53-,54-,55-,56-,61-,62-/m0/s1. The van der Waals surface area contributed by atoms with Crippen LogP contribution in [0.2, 0.25) is 0 Å². The lowest BCUT2D eigenvalue weighted by Crippen LogP contribution is -2.68. The van der Waals surface area contributed by atoms with Crippen molar-refractivity contribution in [1.82, 2.24) is 60.0 Å². The van der Waals surface area contributed by atoms with Gasteiger partial charge in [0.05, 0.1) is 31.2 Å². The predicted octanol–water partition coefficient (Wildman–Crippen LogP) is 4.72. The van der Waals surface area contributed by atoms with E-state index in [2.05, 4.69) is 21.9 Å². The van der Waals surface area contributed by atoms with E-state index >= 15 is 37.5 Å². The smallest absolute Gasteiger partial charge is 0.377 e. The van der Waals surface area contributed by atoms with Gasteiger partial charge in [-0.1, -0.05) is 57.4 Å². The van der Waals surface area contributed by atoms with Crippen LogP contribution in [0.5, 0.6) is 0 Å². The number of ether oxygens (including phenoxy) is 1. The van der Waals surface area contributed by atoms with Crippen molar-refractivity contribution >= 4 is 70.9 Å². The van der Waals surface area contributed by atoms with Crippen LogP contribution < -0.4 is 16.0 Å². The Morgan fingerprint density at radius 1 is 0.701 bits per heavy atom. The monoisotopic (exact) mass is 1510 g/mol. The highest BCUT2D eigenvalue weighted by molar-refractivity contribution is 6.01. The zero-order valence-electron chi connectivity index (χ0n) is 62.3. The van der Waals surface area contributed by atoms with Gasteiger partial charge in [-0.3, -0.25) is 57.5 Å². The first-order chi connectivity index (χ1) is 50.2. The summed E-state index contributed by atoms with van der Waals surface area (Å²) in [6, 6.07) is -7.75. The summed E-state index contributed by atoms with van der Waals surface area (Å²) in [4.78, 5) is 189. The highest BCUT2D eigenvalue weighted by Crippen LogP contribution is 2.40. The molecule has 2 saturated heterocycles. The van der Waals surface area contributed by atoms with Crippen LogP contribution >= 0.6 is 0 Å². The third-order valence-electron chi connectivity index (χ3n) is 21.3. The number of likely N-dealkylation sites (N-methyl/N-ethyl adjacent to an activating group) is 7. The number of carbonyl (C=O) groups is 12. The van der Waals surface area contributed by atoms with E-state index in [1.165, 1.54) is 54.2 Å². The minimum Gasteiger partial charge on any atom is -0.377 e. The van der Waals surface area contributed by atoms with E-state index in [-0.39, 0.29) is 63.8 Å². The lowest BCUT2D eigenvalue weighted by Gasteiger charge is -2.46. The van der Waals surface area contributed by atoms with E-state index in [1.807, 2.05) is 0 Å². The Kier molecular flexibility index (Phi) is 28.7. The van der Waals surface area contributed by atoms with E-state index < -0.39 is 229 Å². The third kappa shape index (κ3) is 20.1. The number of terminal acetylenes is 1. The van der Waals surface area contributed by atoms with Gasteiger partial charge < -0.3 is 64.8 Å². The molecule has 7 rings (SSSR count). The Balaban J connectivity index is 1.35. The highest BCUT2D eigenvalue weighted by Gasteiger charge is 2.54. The average Bonchev–Trinajstić information content (AvgIpc) is 1.66. The number of alkyl halides is 6. The van der Waals surface area contributed by atoms with Gasteiger partial charge in [-0.25, -0.2) is 8.78 Å². The van der Waals surface area contributed by atoms with E-state index in [0.717, 1.165) is 70.5 Å². The molecule has 2 aromatic rings. The fourth-order valence-corrected chi connectivity index (χ4v) is 14.7. The zero-order chi connectivity index (χ0) is 79.5. The maximum Gasteiger partial charge on any atom is 0.422 e. The van der Waals surface area contributed by atoms with Crippen molar-refractivity contribution in [3.63, 3.8) is 0 Å². The molecule has 0 radical (unpaired) electrons. The first-order valence-electron chi connectivity index (χ1n) is 35.9. The Morgan fingerprint density at radius 3 is 1.89 bits per heavy atom. The van der Waals surface area contributed by atoms with Crippen molar-refractivity contribution in [2.75, 3.05) is 89.2 Å². The van der Waals surface area contributed by atoms with Gasteiger partial charge in [0.15, 0.2) is 0 Å². The summed E-state index contributed by atoms with van der Waals surface area (Å²) in [5.41, 5.74) is -5.29. The molecule has 33 heteroatoms. The summed E-state index contributed by atoms with van der Waals surface area (Å²) in [5.74, 6) is -13.3. The van der Waals surface area contributed by atoms with Crippen molar-refractivity contribution in [1.29, 1.82) is 0 Å². The van der Waals surface area contributed by atoms with Crippen LogP contribution in [0.15, 0.2) is 48.6 Å². The summed E-state index contributed by atoms with van der Waals surface area (Å²) < 4.78 is 120. The lowest BCUT2D eigenvalue weighted by molar-refractivity contribution is -0.157. The second-order valence-electron chi connectivity index (χ2n) is 28.8.